The maximum atomic E-state index is 14.8. The molecule has 5 aromatic carbocycles. The van der Waals surface area contributed by atoms with Crippen molar-refractivity contribution in [1.29, 1.82) is 0 Å². The fraction of sp³-hybridized carbons (Fsp3) is 0.345. The zero-order chi connectivity index (χ0) is 58.6. The first kappa shape index (κ1) is 62.2. The number of anilines is 1. The third-order valence-corrected chi connectivity index (χ3v) is 14.2. The van der Waals surface area contributed by atoms with E-state index in [1.54, 1.807) is 48.7 Å². The van der Waals surface area contributed by atoms with Gasteiger partial charge < -0.3 is 69.2 Å². The summed E-state index contributed by atoms with van der Waals surface area (Å²) in [5.74, 6) is -6.76. The number of fused-ring (bicyclic) bond motifs is 2. The van der Waals surface area contributed by atoms with Gasteiger partial charge in [0.2, 0.25) is 47.3 Å². The van der Waals surface area contributed by atoms with Crippen LogP contribution in [0.3, 0.4) is 0 Å². The molecular weight excluding hydrogens is 1070 g/mol. The van der Waals surface area contributed by atoms with Crippen molar-refractivity contribution in [2.24, 2.45) is 11.5 Å². The largest absolute Gasteiger partial charge is 0.508 e. The average Bonchev–Trinajstić information content (AvgIpc) is 3.88. The van der Waals surface area contributed by atoms with E-state index in [4.69, 9.17) is 11.5 Å². The van der Waals surface area contributed by atoms with E-state index in [1.165, 1.54) is 26.0 Å². The number of phenols is 1. The Hall–Kier alpha value is -7.96. The molecule has 0 bridgehead atoms. The Morgan fingerprint density at radius 2 is 1.06 bits per heavy atom. The number of aromatic nitrogens is 1. The molecule has 0 radical (unpaired) electrons. The van der Waals surface area contributed by atoms with E-state index in [0.717, 1.165) is 27.2 Å². The molecular formula is C58H71N11O10S2. The van der Waals surface area contributed by atoms with Crippen molar-refractivity contribution in [2.45, 2.75) is 107 Å². The molecule has 0 aliphatic heterocycles. The Kier molecular flexibility index (Phi) is 23.5. The first-order chi connectivity index (χ1) is 38.9. The minimum Gasteiger partial charge on any atom is -0.508 e. The number of amides is 8. The lowest BCUT2D eigenvalue weighted by Gasteiger charge is -2.28. The number of aliphatic hydroxyl groups excluding tert-OH is 1. The highest BCUT2D eigenvalue weighted by molar-refractivity contribution is 7.80. The quantitative estimate of drug-likeness (QED) is 0.0236. The molecule has 21 nitrogen and oxygen atoms in total. The topological polar surface area (TPSA) is 341 Å². The predicted octanol–water partition coefficient (Wildman–Crippen LogP) is 1.80. The molecule has 0 spiro atoms. The molecule has 0 fully saturated rings. The van der Waals surface area contributed by atoms with Crippen molar-refractivity contribution in [3.63, 3.8) is 0 Å². The zero-order valence-electron chi connectivity index (χ0n) is 44.9. The van der Waals surface area contributed by atoms with Gasteiger partial charge in [-0.2, -0.15) is 25.3 Å². The molecule has 81 heavy (non-hydrogen) atoms. The standard InChI is InChI=1S/C58H71N11O10S2/c1-33(51(72)63-44-21-12-16-37-15-6-7-17-40(37)44)62-56(77)48(31-80)68-58(79)50(34(2)70)69-53(74)45(20-10-11-26-59)64-55(76)47(29-38-30-61-43-19-9-8-18-41(38)43)66-54(75)46(28-36-22-24-39(71)25-23-36)65-57(78)49(32-81)67-52(73)42(60)27-35-13-4-3-5-14-35/h3-9,12-19,21-25,30,33-34,42,45-50,61,70-71,80-81H,10-11,20,26-29,31-32,59-60H2,1-2H3,(H,62,77)(H,63,72)(H,64,76)(H,65,78)(H,66,75)(H,67,73)(H,68,79)(H,69,74)/t33-,34+,42-,45-,46-,47-,48-,49-,50-/m0/s1. The number of thiol groups is 2. The number of phenolic OH excluding ortho intramolecular Hbond substituents is 1. The molecule has 1 heterocycles. The van der Waals surface area contributed by atoms with Crippen LogP contribution in [0.5, 0.6) is 5.75 Å². The summed E-state index contributed by atoms with van der Waals surface area (Å²) in [6.07, 6.45) is 0.757. The second kappa shape index (κ2) is 30.6. The smallest absolute Gasteiger partial charge is 0.246 e. The SMILES string of the molecule is C[C@H](NC(=O)[C@H](CS)NC(=O)[C@@H](NC(=O)[C@H](CCCCN)NC(=O)[C@H](Cc1c[nH]c2ccccc12)NC(=O)[C@H](Cc1ccc(O)cc1)NC(=O)[C@H](CS)NC(=O)[C@@H](N)Cc1ccccc1)[C@@H](C)O)C(=O)Nc1cccc2ccccc12. The Morgan fingerprint density at radius 3 is 1.72 bits per heavy atom. The second-order valence-electron chi connectivity index (χ2n) is 19.7. The van der Waals surface area contributed by atoms with E-state index >= 15 is 0 Å². The van der Waals surface area contributed by atoms with E-state index in [9.17, 15) is 48.6 Å². The molecule has 0 aliphatic carbocycles. The number of carbonyl (C=O) groups is 8. The normalized spacial score (nSPS) is 14.6. The third kappa shape index (κ3) is 18.0. The molecule has 6 rings (SSSR count). The summed E-state index contributed by atoms with van der Waals surface area (Å²) >= 11 is 8.58. The number of hydrogen-bond donors (Lipinski definition) is 15. The summed E-state index contributed by atoms with van der Waals surface area (Å²) in [7, 11) is 0. The van der Waals surface area contributed by atoms with Gasteiger partial charge >= 0.3 is 0 Å². The summed E-state index contributed by atoms with van der Waals surface area (Å²) in [6, 6.07) is 24.5. The maximum Gasteiger partial charge on any atom is 0.246 e. The van der Waals surface area contributed by atoms with Gasteiger partial charge in [-0.05, 0) is 92.4 Å². The number of benzene rings is 5. The van der Waals surface area contributed by atoms with Gasteiger partial charge in [0.25, 0.3) is 0 Å². The number of para-hydroxylation sites is 1. The van der Waals surface area contributed by atoms with Crippen LogP contribution in [0.4, 0.5) is 5.69 Å². The molecule has 23 heteroatoms. The number of H-pyrrole nitrogens is 1. The number of aliphatic hydroxyl groups is 1. The van der Waals surface area contributed by atoms with Crippen LogP contribution in [-0.2, 0) is 57.6 Å². The lowest BCUT2D eigenvalue weighted by Crippen LogP contribution is -2.62. The van der Waals surface area contributed by atoms with E-state index < -0.39 is 102 Å². The van der Waals surface area contributed by atoms with Gasteiger partial charge in [0.15, 0.2) is 0 Å². The number of aromatic hydroxyl groups is 1. The van der Waals surface area contributed by atoms with Crippen LogP contribution in [0.15, 0.2) is 128 Å². The summed E-state index contributed by atoms with van der Waals surface area (Å²) < 4.78 is 0. The van der Waals surface area contributed by atoms with Gasteiger partial charge in [0, 0.05) is 52.5 Å². The minimum atomic E-state index is -1.68. The van der Waals surface area contributed by atoms with Gasteiger partial charge in [-0.3, -0.25) is 38.4 Å². The number of carbonyl (C=O) groups excluding carboxylic acids is 8. The fourth-order valence-electron chi connectivity index (χ4n) is 8.89. The van der Waals surface area contributed by atoms with Crippen LogP contribution in [0.2, 0.25) is 0 Å². The molecule has 0 aliphatic rings. The lowest BCUT2D eigenvalue weighted by molar-refractivity contribution is -0.136. The molecule has 0 unspecified atom stereocenters. The number of nitrogens with two attached hydrogens (primary N) is 2. The zero-order valence-corrected chi connectivity index (χ0v) is 46.7. The van der Waals surface area contributed by atoms with Crippen molar-refractivity contribution < 1.29 is 48.6 Å². The van der Waals surface area contributed by atoms with Gasteiger partial charge in [0.05, 0.1) is 12.1 Å². The molecule has 8 amide bonds. The monoisotopic (exact) mass is 1150 g/mol. The van der Waals surface area contributed by atoms with Gasteiger partial charge in [-0.25, -0.2) is 0 Å². The number of nitrogens with one attached hydrogen (secondary N) is 9. The highest BCUT2D eigenvalue weighted by atomic mass is 32.1. The molecule has 1 aromatic heterocycles. The average molecular weight is 1150 g/mol. The molecule has 0 saturated carbocycles. The Bertz CT molecular complexity index is 3120. The van der Waals surface area contributed by atoms with E-state index in [1.807, 2.05) is 66.7 Å². The number of hydrogen-bond acceptors (Lipinski definition) is 14. The van der Waals surface area contributed by atoms with Crippen LogP contribution >= 0.6 is 25.3 Å². The van der Waals surface area contributed by atoms with Crippen molar-refractivity contribution >= 4 is 99.9 Å². The molecule has 430 valence electrons. The van der Waals surface area contributed by atoms with Crippen LogP contribution in [-0.4, -0.2) is 135 Å². The van der Waals surface area contributed by atoms with Gasteiger partial charge in [-0.15, -0.1) is 0 Å². The van der Waals surface area contributed by atoms with Crippen molar-refractivity contribution in [3.8, 4) is 5.75 Å². The molecule has 9 atom stereocenters. The summed E-state index contributed by atoms with van der Waals surface area (Å²) in [6.45, 7) is 2.95. The minimum absolute atomic E-state index is 0.0115. The molecule has 6 aromatic rings. The molecule has 15 N–H and O–H groups in total. The Labute approximate surface area is 480 Å². The highest BCUT2D eigenvalue weighted by Crippen LogP contribution is 2.24. The van der Waals surface area contributed by atoms with Crippen molar-refractivity contribution in [2.75, 3.05) is 23.4 Å². The predicted molar refractivity (Wildman–Crippen MR) is 316 cm³/mol. The summed E-state index contributed by atoms with van der Waals surface area (Å²) in [4.78, 5) is 115. The van der Waals surface area contributed by atoms with E-state index in [0.29, 0.717) is 29.7 Å². The van der Waals surface area contributed by atoms with Crippen molar-refractivity contribution in [3.05, 3.63) is 144 Å². The van der Waals surface area contributed by atoms with Crippen LogP contribution in [0.1, 0.15) is 49.8 Å². The first-order valence-corrected chi connectivity index (χ1v) is 27.8. The van der Waals surface area contributed by atoms with Gasteiger partial charge in [0.1, 0.15) is 48.0 Å². The Balaban J connectivity index is 1.19. The van der Waals surface area contributed by atoms with Gasteiger partial charge in [-0.1, -0.05) is 97.1 Å². The summed E-state index contributed by atoms with van der Waals surface area (Å²) in [5, 5.41) is 44.6. The van der Waals surface area contributed by atoms with Crippen LogP contribution in [0, 0.1) is 0 Å². The van der Waals surface area contributed by atoms with Crippen LogP contribution in [0.25, 0.3) is 21.7 Å². The third-order valence-electron chi connectivity index (χ3n) is 13.4. The Morgan fingerprint density at radius 1 is 0.531 bits per heavy atom. The number of unbranched alkanes of at least 4 members (excludes halogenated alkanes) is 1. The number of rotatable bonds is 29. The first-order valence-electron chi connectivity index (χ1n) is 26.5. The molecule has 0 saturated heterocycles. The number of aromatic amines is 1. The van der Waals surface area contributed by atoms with E-state index in [2.05, 4.69) is 72.8 Å². The summed E-state index contributed by atoms with van der Waals surface area (Å²) in [5.41, 5.74) is 15.2. The highest BCUT2D eigenvalue weighted by Gasteiger charge is 2.36. The maximum absolute atomic E-state index is 14.8. The lowest BCUT2D eigenvalue weighted by atomic mass is 10.0. The second-order valence-corrected chi connectivity index (χ2v) is 20.4. The van der Waals surface area contributed by atoms with Crippen LogP contribution < -0.4 is 54.0 Å². The van der Waals surface area contributed by atoms with Crippen molar-refractivity contribution in [1.82, 2.24) is 42.2 Å². The fourth-order valence-corrected chi connectivity index (χ4v) is 9.40. The van der Waals surface area contributed by atoms with E-state index in [-0.39, 0.29) is 49.5 Å².